The largest absolute Gasteiger partial charge is 0.489 e. The predicted octanol–water partition coefficient (Wildman–Crippen LogP) is 2.46. The number of hydrogen-bond acceptors (Lipinski definition) is 5. The molecule has 0 atom stereocenters. The first-order valence-electron chi connectivity index (χ1n) is 5.62. The van der Waals surface area contributed by atoms with Gasteiger partial charge in [-0.25, -0.2) is 0 Å². The van der Waals surface area contributed by atoms with Gasteiger partial charge in [-0.2, -0.15) is 0 Å². The minimum Gasteiger partial charge on any atom is -0.489 e. The summed E-state index contributed by atoms with van der Waals surface area (Å²) in [7, 11) is 0. The first-order valence-corrected chi connectivity index (χ1v) is 5.62. The fourth-order valence-corrected chi connectivity index (χ4v) is 1.62. The van der Waals surface area contributed by atoms with Crippen LogP contribution in [0.15, 0.2) is 48.5 Å². The molecule has 2 aromatic carbocycles. The molecule has 0 amide bonds. The van der Waals surface area contributed by atoms with Gasteiger partial charge < -0.3 is 10.2 Å². The third-order valence-electron chi connectivity index (χ3n) is 2.56. The van der Waals surface area contributed by atoms with Crippen LogP contribution in [-0.4, -0.2) is 4.92 Å². The van der Waals surface area contributed by atoms with Crippen LogP contribution in [-0.2, 0) is 6.61 Å². The number of nitrogen functional groups attached to an aromatic ring is 1. The van der Waals surface area contributed by atoms with E-state index in [1.54, 1.807) is 12.1 Å². The number of anilines is 1. The van der Waals surface area contributed by atoms with Gasteiger partial charge in [0, 0.05) is 6.07 Å². The van der Waals surface area contributed by atoms with Crippen LogP contribution in [0.4, 0.5) is 11.4 Å². The second-order valence-electron chi connectivity index (χ2n) is 3.85. The van der Waals surface area contributed by atoms with Crippen molar-refractivity contribution in [2.24, 2.45) is 5.84 Å². The van der Waals surface area contributed by atoms with E-state index in [0.29, 0.717) is 11.3 Å². The number of nitro benzene ring substituents is 1. The summed E-state index contributed by atoms with van der Waals surface area (Å²) in [5, 5.41) is 10.9. The normalized spacial score (nSPS) is 9.95. The van der Waals surface area contributed by atoms with E-state index >= 15 is 0 Å². The molecule has 0 fully saturated rings. The highest BCUT2D eigenvalue weighted by Gasteiger charge is 2.13. The number of nitro groups is 1. The highest BCUT2D eigenvalue weighted by molar-refractivity contribution is 5.61. The Kier molecular flexibility index (Phi) is 3.94. The van der Waals surface area contributed by atoms with Crippen molar-refractivity contribution in [3.63, 3.8) is 0 Å². The minimum absolute atomic E-state index is 0.0725. The van der Waals surface area contributed by atoms with Gasteiger partial charge in [0.2, 0.25) is 0 Å². The van der Waals surface area contributed by atoms with E-state index in [1.165, 1.54) is 6.07 Å². The summed E-state index contributed by atoms with van der Waals surface area (Å²) in [6.45, 7) is 0.260. The number of benzene rings is 2. The van der Waals surface area contributed by atoms with Crippen molar-refractivity contribution in [1.82, 2.24) is 0 Å². The van der Waals surface area contributed by atoms with E-state index in [2.05, 4.69) is 5.43 Å². The van der Waals surface area contributed by atoms with Crippen molar-refractivity contribution in [2.75, 3.05) is 5.43 Å². The lowest BCUT2D eigenvalue weighted by Crippen LogP contribution is -2.09. The van der Waals surface area contributed by atoms with Crippen LogP contribution in [0.5, 0.6) is 5.75 Å². The SMILES string of the molecule is NNc1ccc(COc2ccccc2)cc1[N+](=O)[O-]. The lowest BCUT2D eigenvalue weighted by molar-refractivity contribution is -0.384. The maximum Gasteiger partial charge on any atom is 0.294 e. The van der Waals surface area contributed by atoms with Gasteiger partial charge >= 0.3 is 0 Å². The van der Waals surface area contributed by atoms with E-state index in [4.69, 9.17) is 10.6 Å². The molecule has 0 saturated carbocycles. The summed E-state index contributed by atoms with van der Waals surface area (Å²) < 4.78 is 5.53. The Morgan fingerprint density at radius 3 is 2.58 bits per heavy atom. The van der Waals surface area contributed by atoms with Crippen LogP contribution in [0, 0.1) is 10.1 Å². The molecule has 6 heteroatoms. The summed E-state index contributed by atoms with van der Waals surface area (Å²) in [6.07, 6.45) is 0. The molecule has 0 radical (unpaired) electrons. The van der Waals surface area contributed by atoms with Crippen molar-refractivity contribution < 1.29 is 9.66 Å². The smallest absolute Gasteiger partial charge is 0.294 e. The first-order chi connectivity index (χ1) is 9.20. The van der Waals surface area contributed by atoms with Crippen LogP contribution in [0.1, 0.15) is 5.56 Å². The van der Waals surface area contributed by atoms with Crippen molar-refractivity contribution in [3.05, 3.63) is 64.2 Å². The predicted molar refractivity (Wildman–Crippen MR) is 71.7 cm³/mol. The van der Waals surface area contributed by atoms with Gasteiger partial charge in [-0.15, -0.1) is 0 Å². The van der Waals surface area contributed by atoms with E-state index < -0.39 is 4.92 Å². The molecular weight excluding hydrogens is 246 g/mol. The van der Waals surface area contributed by atoms with Crippen LogP contribution >= 0.6 is 0 Å². The van der Waals surface area contributed by atoms with Gasteiger partial charge in [-0.1, -0.05) is 24.3 Å². The second-order valence-corrected chi connectivity index (χ2v) is 3.85. The number of hydrogen-bond donors (Lipinski definition) is 2. The molecule has 0 heterocycles. The van der Waals surface area contributed by atoms with E-state index in [0.717, 1.165) is 0 Å². The van der Waals surface area contributed by atoms with Gasteiger partial charge in [0.15, 0.2) is 0 Å². The molecule has 3 N–H and O–H groups in total. The third kappa shape index (κ3) is 3.20. The van der Waals surface area contributed by atoms with Crippen molar-refractivity contribution >= 4 is 11.4 Å². The van der Waals surface area contributed by atoms with Crippen LogP contribution in [0.25, 0.3) is 0 Å². The number of ether oxygens (including phenoxy) is 1. The zero-order valence-corrected chi connectivity index (χ0v) is 10.1. The Labute approximate surface area is 109 Å². The van der Waals surface area contributed by atoms with Crippen molar-refractivity contribution in [3.8, 4) is 5.75 Å². The van der Waals surface area contributed by atoms with Gasteiger partial charge in [-0.3, -0.25) is 16.0 Å². The maximum atomic E-state index is 10.9. The third-order valence-corrected chi connectivity index (χ3v) is 2.56. The standard InChI is InChI=1S/C13H13N3O3/c14-15-12-7-6-10(8-13(12)16(17)18)9-19-11-4-2-1-3-5-11/h1-8,15H,9,14H2. The van der Waals surface area contributed by atoms with E-state index in [1.807, 2.05) is 30.3 Å². The zero-order chi connectivity index (χ0) is 13.7. The first kappa shape index (κ1) is 12.8. The van der Waals surface area contributed by atoms with Gasteiger partial charge in [-0.05, 0) is 23.8 Å². The zero-order valence-electron chi connectivity index (χ0n) is 10.1. The van der Waals surface area contributed by atoms with E-state index in [9.17, 15) is 10.1 Å². The average molecular weight is 259 g/mol. The molecule has 0 aliphatic rings. The molecule has 0 saturated heterocycles. The lowest BCUT2D eigenvalue weighted by atomic mass is 10.2. The number of nitrogens with two attached hydrogens (primary N) is 1. The fourth-order valence-electron chi connectivity index (χ4n) is 1.62. The molecule has 6 nitrogen and oxygen atoms in total. The number of nitrogens with zero attached hydrogens (tertiary/aromatic N) is 1. The fraction of sp³-hybridized carbons (Fsp3) is 0.0769. The van der Waals surface area contributed by atoms with Gasteiger partial charge in [0.1, 0.15) is 18.0 Å². The molecule has 0 spiro atoms. The Morgan fingerprint density at radius 1 is 1.21 bits per heavy atom. The molecule has 0 bridgehead atoms. The lowest BCUT2D eigenvalue weighted by Gasteiger charge is -2.07. The Morgan fingerprint density at radius 2 is 1.95 bits per heavy atom. The summed E-state index contributed by atoms with van der Waals surface area (Å²) >= 11 is 0. The molecule has 0 aromatic heterocycles. The summed E-state index contributed by atoms with van der Waals surface area (Å²) in [6, 6.07) is 14.0. The molecule has 98 valence electrons. The molecule has 19 heavy (non-hydrogen) atoms. The Balaban J connectivity index is 2.13. The van der Waals surface area contributed by atoms with Crippen LogP contribution < -0.4 is 16.0 Å². The van der Waals surface area contributed by atoms with E-state index in [-0.39, 0.29) is 18.0 Å². The molecular formula is C13H13N3O3. The number of rotatable bonds is 5. The summed E-state index contributed by atoms with van der Waals surface area (Å²) in [5.41, 5.74) is 3.20. The number of nitrogens with one attached hydrogen (secondary N) is 1. The highest BCUT2D eigenvalue weighted by atomic mass is 16.6. The second kappa shape index (κ2) is 5.83. The molecule has 0 aliphatic carbocycles. The maximum absolute atomic E-state index is 10.9. The number of hydrazine groups is 1. The Hall–Kier alpha value is -2.60. The summed E-state index contributed by atoms with van der Waals surface area (Å²) in [5.74, 6) is 5.93. The molecule has 2 aromatic rings. The highest BCUT2D eigenvalue weighted by Crippen LogP contribution is 2.25. The molecule has 0 aliphatic heterocycles. The minimum atomic E-state index is -0.485. The van der Waals surface area contributed by atoms with Gasteiger partial charge in [0.05, 0.1) is 4.92 Å². The average Bonchev–Trinajstić information content (AvgIpc) is 2.46. The topological polar surface area (TPSA) is 90.4 Å². The monoisotopic (exact) mass is 259 g/mol. The summed E-state index contributed by atoms with van der Waals surface area (Å²) in [4.78, 5) is 10.4. The van der Waals surface area contributed by atoms with Crippen LogP contribution in [0.2, 0.25) is 0 Å². The van der Waals surface area contributed by atoms with Crippen molar-refractivity contribution in [2.45, 2.75) is 6.61 Å². The molecule has 0 unspecified atom stereocenters. The van der Waals surface area contributed by atoms with Crippen molar-refractivity contribution in [1.29, 1.82) is 0 Å². The van der Waals surface area contributed by atoms with Crippen LogP contribution in [0.3, 0.4) is 0 Å². The number of para-hydroxylation sites is 1. The Bertz CT molecular complexity index is 573. The quantitative estimate of drug-likeness (QED) is 0.489. The van der Waals surface area contributed by atoms with Gasteiger partial charge in [0.25, 0.3) is 5.69 Å². The molecule has 2 rings (SSSR count).